The first-order valence-electron chi connectivity index (χ1n) is 10.0. The number of hydrogen-bond acceptors (Lipinski definition) is 4. The van der Waals surface area contributed by atoms with Crippen LogP contribution < -0.4 is 20.7 Å². The molecule has 0 saturated carbocycles. The van der Waals surface area contributed by atoms with Gasteiger partial charge in [0, 0.05) is 19.6 Å². The van der Waals surface area contributed by atoms with Crippen LogP contribution >= 0.6 is 0 Å². The van der Waals surface area contributed by atoms with Gasteiger partial charge < -0.3 is 25.6 Å². The van der Waals surface area contributed by atoms with Gasteiger partial charge in [-0.25, -0.2) is 9.18 Å². The molecule has 0 spiro atoms. The lowest BCUT2D eigenvalue weighted by Crippen LogP contribution is -2.44. The topological polar surface area (TPSA) is 99.8 Å². The van der Waals surface area contributed by atoms with E-state index in [4.69, 9.17) is 4.74 Å². The summed E-state index contributed by atoms with van der Waals surface area (Å²) < 4.78 is 18.8. The van der Waals surface area contributed by atoms with Crippen LogP contribution in [0.3, 0.4) is 0 Å². The summed E-state index contributed by atoms with van der Waals surface area (Å²) in [5.41, 5.74) is 0.558. The molecule has 1 saturated heterocycles. The van der Waals surface area contributed by atoms with Crippen molar-refractivity contribution >= 4 is 29.2 Å². The maximum atomic E-state index is 13.6. The third-order valence-corrected chi connectivity index (χ3v) is 5.13. The Bertz CT molecular complexity index is 945. The predicted molar refractivity (Wildman–Crippen MR) is 114 cm³/mol. The number of likely N-dealkylation sites (tertiary alicyclic amines) is 1. The second-order valence-electron chi connectivity index (χ2n) is 7.20. The fourth-order valence-corrected chi connectivity index (χ4v) is 3.34. The number of urea groups is 1. The van der Waals surface area contributed by atoms with Crippen LogP contribution in [0.15, 0.2) is 48.5 Å². The molecule has 2 aromatic rings. The molecule has 0 radical (unpaired) electrons. The Hall–Kier alpha value is -3.62. The van der Waals surface area contributed by atoms with Crippen LogP contribution in [0, 0.1) is 11.7 Å². The quantitative estimate of drug-likeness (QED) is 0.638. The molecule has 0 unspecified atom stereocenters. The average molecular weight is 428 g/mol. The van der Waals surface area contributed by atoms with Crippen LogP contribution in [-0.4, -0.2) is 49.5 Å². The number of nitrogens with zero attached hydrogens (tertiary/aromatic N) is 1. The minimum Gasteiger partial charge on any atom is -0.495 e. The number of halogens is 1. The SMILES string of the molecule is COc1ccccc1NC(=O)N1CCC(CNC(=O)C(=O)Nc2ccccc2F)CC1. The molecule has 3 N–H and O–H groups in total. The number of nitrogens with one attached hydrogen (secondary N) is 3. The summed E-state index contributed by atoms with van der Waals surface area (Å²) in [4.78, 5) is 38.2. The number of carbonyl (C=O) groups excluding carboxylic acids is 3. The van der Waals surface area contributed by atoms with Crippen LogP contribution in [0.25, 0.3) is 0 Å². The summed E-state index contributed by atoms with van der Waals surface area (Å²) in [5, 5.41) is 7.68. The highest BCUT2D eigenvalue weighted by molar-refractivity contribution is 6.39. The van der Waals surface area contributed by atoms with Gasteiger partial charge in [-0.3, -0.25) is 9.59 Å². The third-order valence-electron chi connectivity index (χ3n) is 5.13. The lowest BCUT2D eigenvalue weighted by atomic mass is 9.97. The van der Waals surface area contributed by atoms with Gasteiger partial charge >= 0.3 is 17.8 Å². The zero-order chi connectivity index (χ0) is 22.2. The first-order chi connectivity index (χ1) is 15.0. The van der Waals surface area contributed by atoms with Crippen molar-refractivity contribution in [1.29, 1.82) is 0 Å². The Morgan fingerprint density at radius 2 is 1.61 bits per heavy atom. The average Bonchev–Trinajstić information content (AvgIpc) is 2.79. The highest BCUT2D eigenvalue weighted by Crippen LogP contribution is 2.24. The van der Waals surface area contributed by atoms with E-state index in [1.54, 1.807) is 30.2 Å². The van der Waals surface area contributed by atoms with E-state index in [0.717, 1.165) is 0 Å². The molecule has 0 atom stereocenters. The van der Waals surface area contributed by atoms with Gasteiger partial charge in [0.15, 0.2) is 0 Å². The number of methoxy groups -OCH3 is 1. The molecule has 4 amide bonds. The zero-order valence-corrected chi connectivity index (χ0v) is 17.2. The monoisotopic (exact) mass is 428 g/mol. The molecule has 0 aliphatic carbocycles. The molecule has 0 aromatic heterocycles. The summed E-state index contributed by atoms with van der Waals surface area (Å²) in [6.45, 7) is 1.37. The van der Waals surface area contributed by atoms with Crippen molar-refractivity contribution in [2.75, 3.05) is 37.4 Å². The lowest BCUT2D eigenvalue weighted by molar-refractivity contribution is -0.136. The second kappa shape index (κ2) is 10.4. The van der Waals surface area contributed by atoms with Crippen LogP contribution in [0.5, 0.6) is 5.75 Å². The van der Waals surface area contributed by atoms with E-state index in [1.165, 1.54) is 18.2 Å². The first kappa shape index (κ1) is 22.1. The smallest absolute Gasteiger partial charge is 0.321 e. The predicted octanol–water partition coefficient (Wildman–Crippen LogP) is 2.83. The Morgan fingerprint density at radius 3 is 2.29 bits per heavy atom. The Balaban J connectivity index is 1.41. The second-order valence-corrected chi connectivity index (χ2v) is 7.20. The molecule has 164 valence electrons. The van der Waals surface area contributed by atoms with Crippen molar-refractivity contribution in [1.82, 2.24) is 10.2 Å². The number of amides is 4. The fraction of sp³-hybridized carbons (Fsp3) is 0.318. The number of hydrogen-bond donors (Lipinski definition) is 3. The lowest BCUT2D eigenvalue weighted by Gasteiger charge is -2.32. The molecule has 9 heteroatoms. The molecular weight excluding hydrogens is 403 g/mol. The van der Waals surface area contributed by atoms with Crippen LogP contribution in [-0.2, 0) is 9.59 Å². The Morgan fingerprint density at radius 1 is 0.968 bits per heavy atom. The molecule has 1 fully saturated rings. The summed E-state index contributed by atoms with van der Waals surface area (Å²) in [6.07, 6.45) is 1.38. The molecule has 31 heavy (non-hydrogen) atoms. The van der Waals surface area contributed by atoms with E-state index in [1.807, 2.05) is 12.1 Å². The maximum absolute atomic E-state index is 13.6. The summed E-state index contributed by atoms with van der Waals surface area (Å²) in [6, 6.07) is 12.6. The van der Waals surface area contributed by atoms with Gasteiger partial charge in [0.1, 0.15) is 11.6 Å². The minimum absolute atomic E-state index is 0.0444. The van der Waals surface area contributed by atoms with E-state index >= 15 is 0 Å². The highest BCUT2D eigenvalue weighted by Gasteiger charge is 2.24. The normalized spacial score (nSPS) is 13.9. The van der Waals surface area contributed by atoms with E-state index < -0.39 is 17.6 Å². The molecule has 1 aliphatic rings. The standard InChI is InChI=1S/C22H25FN4O4/c1-31-19-9-5-4-8-18(19)26-22(30)27-12-10-15(11-13-27)14-24-20(28)21(29)25-17-7-3-2-6-16(17)23/h2-9,15H,10-14H2,1H3,(H,24,28)(H,25,29)(H,26,30). The summed E-state index contributed by atoms with van der Waals surface area (Å²) in [5.74, 6) is -1.62. The van der Waals surface area contributed by atoms with Crippen LogP contribution in [0.1, 0.15) is 12.8 Å². The van der Waals surface area contributed by atoms with Gasteiger partial charge in [0.05, 0.1) is 18.5 Å². The molecule has 1 heterocycles. The molecule has 3 rings (SSSR count). The van der Waals surface area contributed by atoms with Gasteiger partial charge in [0.2, 0.25) is 0 Å². The maximum Gasteiger partial charge on any atom is 0.321 e. The van der Waals surface area contributed by atoms with Crippen LogP contribution in [0.4, 0.5) is 20.6 Å². The molecule has 1 aliphatic heterocycles. The number of carbonyl (C=O) groups is 3. The van der Waals surface area contributed by atoms with Crippen molar-refractivity contribution in [2.24, 2.45) is 5.92 Å². The fourth-order valence-electron chi connectivity index (χ4n) is 3.34. The molecule has 8 nitrogen and oxygen atoms in total. The molecule has 0 bridgehead atoms. The number of piperidine rings is 1. The van der Waals surface area contributed by atoms with Crippen molar-refractivity contribution in [3.8, 4) is 5.75 Å². The summed E-state index contributed by atoms with van der Waals surface area (Å²) in [7, 11) is 1.54. The van der Waals surface area contributed by atoms with E-state index in [2.05, 4.69) is 16.0 Å². The van der Waals surface area contributed by atoms with Crippen molar-refractivity contribution in [3.05, 3.63) is 54.3 Å². The first-order valence-corrected chi connectivity index (χ1v) is 10.0. The van der Waals surface area contributed by atoms with E-state index in [0.29, 0.717) is 43.9 Å². The Labute approximate surface area is 179 Å². The zero-order valence-electron chi connectivity index (χ0n) is 17.2. The van der Waals surface area contributed by atoms with Crippen molar-refractivity contribution in [3.63, 3.8) is 0 Å². The minimum atomic E-state index is -0.918. The number of rotatable bonds is 5. The van der Waals surface area contributed by atoms with E-state index in [-0.39, 0.29) is 17.6 Å². The van der Waals surface area contributed by atoms with Crippen LogP contribution in [0.2, 0.25) is 0 Å². The van der Waals surface area contributed by atoms with Gasteiger partial charge in [-0.05, 0) is 43.0 Å². The molecule has 2 aromatic carbocycles. The summed E-state index contributed by atoms with van der Waals surface area (Å²) >= 11 is 0. The Kier molecular flexibility index (Phi) is 7.42. The highest BCUT2D eigenvalue weighted by atomic mass is 19.1. The van der Waals surface area contributed by atoms with Gasteiger partial charge in [-0.1, -0.05) is 24.3 Å². The molecular formula is C22H25FN4O4. The van der Waals surface area contributed by atoms with Crippen molar-refractivity contribution in [2.45, 2.75) is 12.8 Å². The van der Waals surface area contributed by atoms with Gasteiger partial charge in [-0.2, -0.15) is 0 Å². The number of anilines is 2. The van der Waals surface area contributed by atoms with Gasteiger partial charge in [0.25, 0.3) is 0 Å². The third kappa shape index (κ3) is 5.94. The van der Waals surface area contributed by atoms with Gasteiger partial charge in [-0.15, -0.1) is 0 Å². The largest absolute Gasteiger partial charge is 0.495 e. The number of benzene rings is 2. The number of para-hydroxylation sites is 3. The number of ether oxygens (including phenoxy) is 1. The van der Waals surface area contributed by atoms with E-state index in [9.17, 15) is 18.8 Å². The van der Waals surface area contributed by atoms with Crippen molar-refractivity contribution < 1.29 is 23.5 Å².